The molecule has 0 amide bonds. The van der Waals surface area contributed by atoms with Crippen LogP contribution in [0.25, 0.3) is 21.1 Å². The Morgan fingerprint density at radius 1 is 0.434 bits per heavy atom. The van der Waals surface area contributed by atoms with Gasteiger partial charge in [0, 0.05) is 167 Å². The van der Waals surface area contributed by atoms with Crippen LogP contribution in [0.4, 0.5) is 13.2 Å². The highest BCUT2D eigenvalue weighted by atomic mass is 32.1. The number of fused-ring (bicyclic) bond motifs is 3. The fraction of sp³-hybridized carbons (Fsp3) is 0.542. The summed E-state index contributed by atoms with van der Waals surface area (Å²) in [5, 5.41) is 5.81. The Labute approximate surface area is 741 Å². The Kier molecular flexibility index (Phi) is 37.9. The number of aromatic nitrogens is 5. The van der Waals surface area contributed by atoms with Gasteiger partial charge in [-0.2, -0.15) is 0 Å². The van der Waals surface area contributed by atoms with Gasteiger partial charge in [0.15, 0.2) is 0 Å². The van der Waals surface area contributed by atoms with Crippen LogP contribution in [0.5, 0.6) is 0 Å². The van der Waals surface area contributed by atoms with Gasteiger partial charge in [0.25, 0.3) is 0 Å². The van der Waals surface area contributed by atoms with E-state index in [-0.39, 0.29) is 60.8 Å². The third-order valence-electron chi connectivity index (χ3n) is 23.9. The van der Waals surface area contributed by atoms with Crippen LogP contribution in [0.2, 0.25) is 0 Å². The van der Waals surface area contributed by atoms with E-state index < -0.39 is 0 Å². The predicted molar refractivity (Wildman–Crippen MR) is 516 cm³/mol. The molecule has 0 bridgehead atoms. The van der Waals surface area contributed by atoms with Crippen molar-refractivity contribution in [2.24, 2.45) is 16.2 Å². The first-order valence-corrected chi connectivity index (χ1v) is 45.9. The minimum absolute atomic E-state index is 0.0942. The molecule has 3 aliphatic heterocycles. The van der Waals surface area contributed by atoms with E-state index in [9.17, 15) is 13.2 Å². The number of benzene rings is 5. The summed E-state index contributed by atoms with van der Waals surface area (Å²) in [5.74, 6) is 1.07. The van der Waals surface area contributed by atoms with Crippen molar-refractivity contribution in [2.45, 2.75) is 271 Å². The second kappa shape index (κ2) is 45.5. The third kappa shape index (κ3) is 33.7. The van der Waals surface area contributed by atoms with Gasteiger partial charge < -0.3 is 15.1 Å². The first kappa shape index (κ1) is 101. The molecule has 122 heavy (non-hydrogen) atoms. The van der Waals surface area contributed by atoms with Gasteiger partial charge in [-0.3, -0.25) is 34.6 Å². The van der Waals surface area contributed by atoms with E-state index in [4.69, 9.17) is 0 Å². The van der Waals surface area contributed by atoms with Crippen molar-refractivity contribution in [1.29, 1.82) is 0 Å². The summed E-state index contributed by atoms with van der Waals surface area (Å²) in [6, 6.07) is 50.8. The smallest absolute Gasteiger partial charge is 0.123 e. The number of pyridine rings is 4. The molecule has 5 aromatic heterocycles. The standard InChI is InChI=1S/C16H27N3.C15H25N3.C14H19F.C14H23N3.C13H15N.2C12H17F.C11H13NS/c1-5-18-8-10-19(11-9-18)13-14-6-7-15(17-12-14)16(2,3)4;1-15(2,3)14-6-5-13(11-16-14)12-18-9-7-17(4)8-10-18;1-14(2,3)13-6-4-5-10-9-11(15)7-8-12(10)13;1-14(2,3)13-5-4-12(10-16-13)11-17-8-6-15-7-9-17;1-13(2,3)11-8-4-6-10-7-5-9-14-12(10)11;2*1-9(12(2,3)4)10-5-7-11(13)8-6-10;1-11(2,3)10-12-8-6-4-5-7-9(8)13-10/h6-7,12H,5,8-11,13H2,1-4H3;5-6,11H,7-10,12H2,1-4H3;7-9,13H,4-6H2,1-3H3;4-5,10,15H,6-9,11H2,1-3H3;4-9H,1-3H3;2*5-9H,1-4H3;4-7H,1-3H3/t;;;;;9-;;/m.....0../s1. The molecule has 8 heterocycles. The van der Waals surface area contributed by atoms with Crippen LogP contribution in [-0.4, -0.2) is 142 Å². The molecule has 14 rings (SSSR count). The maximum Gasteiger partial charge on any atom is 0.123 e. The van der Waals surface area contributed by atoms with Crippen LogP contribution in [0.1, 0.15) is 284 Å². The van der Waals surface area contributed by atoms with Crippen molar-refractivity contribution in [3.63, 3.8) is 0 Å². The van der Waals surface area contributed by atoms with Gasteiger partial charge in [-0.05, 0) is 190 Å². The molecule has 666 valence electrons. The number of hydrogen-bond acceptors (Lipinski definition) is 12. The molecule has 11 nitrogen and oxygen atoms in total. The molecule has 3 saturated heterocycles. The molecule has 3 atom stereocenters. The zero-order valence-electron chi connectivity index (χ0n) is 80.5. The van der Waals surface area contributed by atoms with Crippen molar-refractivity contribution >= 4 is 32.5 Å². The Hall–Kier alpha value is -7.60. The summed E-state index contributed by atoms with van der Waals surface area (Å²) in [6.07, 6.45) is 11.5. The molecule has 0 saturated carbocycles. The number of nitrogens with one attached hydrogen (secondary N) is 1. The zero-order chi connectivity index (χ0) is 90.2. The van der Waals surface area contributed by atoms with Crippen molar-refractivity contribution in [1.82, 2.24) is 54.7 Å². The SMILES string of the molecule is CC(C)(C)C1CCCc2cc(F)ccc21.CC(C)(C)c1ccc(CN2CCNCC2)cn1.CC(C)(C)c1cccc2cccnc12.CC(C)(C)c1nc2ccccc2s1.CC(c1ccc(F)cc1)C(C)(C)C.CCN1CCN(Cc2ccc(C(C)(C)C)nc2)CC1.CN1CCN(Cc2ccc(C(C)(C)C)nc2)CC1.C[C@@H](c1ccc(F)cc1)C(C)(C)C. The third-order valence-corrected chi connectivity index (χ3v) is 25.4. The molecular formula is C107H156F3N11S. The first-order chi connectivity index (χ1) is 57.0. The molecular weight excluding hydrogens is 1530 g/mol. The highest BCUT2D eigenvalue weighted by molar-refractivity contribution is 7.18. The van der Waals surface area contributed by atoms with E-state index in [0.717, 1.165) is 76.4 Å². The summed E-state index contributed by atoms with van der Waals surface area (Å²) in [4.78, 5) is 35.2. The monoisotopic (exact) mass is 1680 g/mol. The molecule has 15 heteroatoms. The number of halogens is 3. The van der Waals surface area contributed by atoms with E-state index in [1.54, 1.807) is 23.5 Å². The van der Waals surface area contributed by atoms with Gasteiger partial charge in [-0.25, -0.2) is 18.2 Å². The fourth-order valence-electron chi connectivity index (χ4n) is 14.9. The molecule has 2 unspecified atom stereocenters. The minimum atomic E-state index is -0.162. The first-order valence-electron chi connectivity index (χ1n) is 45.1. The summed E-state index contributed by atoms with van der Waals surface area (Å²) >= 11 is 1.79. The van der Waals surface area contributed by atoms with Crippen molar-refractivity contribution in [3.05, 3.63) is 267 Å². The maximum atomic E-state index is 13.1. The fourth-order valence-corrected chi connectivity index (χ4v) is 15.9. The van der Waals surface area contributed by atoms with Crippen LogP contribution in [-0.2, 0) is 53.1 Å². The number of para-hydroxylation sites is 2. The van der Waals surface area contributed by atoms with Crippen LogP contribution < -0.4 is 5.32 Å². The molecule has 0 spiro atoms. The second-order valence-corrected chi connectivity index (χ2v) is 43.6. The Bertz CT molecular complexity index is 4580. The number of nitrogens with zero attached hydrogens (tertiary/aromatic N) is 10. The van der Waals surface area contributed by atoms with Gasteiger partial charge in [-0.1, -0.05) is 272 Å². The number of hydrogen-bond donors (Lipinski definition) is 1. The zero-order valence-corrected chi connectivity index (χ0v) is 81.3. The maximum absolute atomic E-state index is 13.1. The molecule has 1 N–H and O–H groups in total. The molecule has 1 aliphatic carbocycles. The predicted octanol–water partition coefficient (Wildman–Crippen LogP) is 25.8. The van der Waals surface area contributed by atoms with Crippen molar-refractivity contribution < 1.29 is 13.2 Å². The summed E-state index contributed by atoms with van der Waals surface area (Å²) in [6.45, 7) is 77.9. The van der Waals surface area contributed by atoms with Crippen molar-refractivity contribution in [2.75, 3.05) is 92.1 Å². The number of likely N-dealkylation sites (N-methyl/N-ethyl adjacent to an activating group) is 2. The van der Waals surface area contributed by atoms with Crippen molar-refractivity contribution in [3.8, 4) is 0 Å². The number of rotatable bonds is 9. The number of aryl methyl sites for hydroxylation is 1. The van der Waals surface area contributed by atoms with Gasteiger partial charge in [0.1, 0.15) is 17.5 Å². The topological polar surface area (TPSA) is 92.7 Å². The van der Waals surface area contributed by atoms with E-state index >= 15 is 0 Å². The molecule has 4 aliphatic rings. The van der Waals surface area contributed by atoms with Gasteiger partial charge in [-0.15, -0.1) is 11.3 Å². The lowest BCUT2D eigenvalue weighted by Crippen LogP contribution is -2.45. The number of piperazine rings is 3. The number of thiazole rings is 1. The quantitative estimate of drug-likeness (QED) is 0.150. The highest BCUT2D eigenvalue weighted by Crippen LogP contribution is 2.44. The second-order valence-electron chi connectivity index (χ2n) is 42.5. The van der Waals surface area contributed by atoms with Gasteiger partial charge in [0.05, 0.1) is 20.7 Å². The van der Waals surface area contributed by atoms with E-state index in [0.29, 0.717) is 17.8 Å². The van der Waals surface area contributed by atoms with Crippen LogP contribution in [0, 0.1) is 33.7 Å². The minimum Gasteiger partial charge on any atom is -0.314 e. The largest absolute Gasteiger partial charge is 0.314 e. The normalized spacial score (nSPS) is 16.6. The van der Waals surface area contributed by atoms with Crippen LogP contribution >= 0.6 is 11.3 Å². The van der Waals surface area contributed by atoms with E-state index in [2.05, 4.69) is 328 Å². The van der Waals surface area contributed by atoms with Gasteiger partial charge >= 0.3 is 0 Å². The summed E-state index contributed by atoms with van der Waals surface area (Å²) in [7, 11) is 2.19. The van der Waals surface area contributed by atoms with E-state index in [1.165, 1.54) is 160 Å². The van der Waals surface area contributed by atoms with Gasteiger partial charge in [0.2, 0.25) is 0 Å². The average Bonchev–Trinajstić information content (AvgIpc) is 0.897. The lowest BCUT2D eigenvalue weighted by atomic mass is 9.69. The van der Waals surface area contributed by atoms with Crippen LogP contribution in [0.3, 0.4) is 0 Å². The average molecular weight is 1690 g/mol. The molecule has 3 fully saturated rings. The Morgan fingerprint density at radius 3 is 1.26 bits per heavy atom. The Morgan fingerprint density at radius 2 is 0.861 bits per heavy atom. The molecule has 5 aromatic carbocycles. The summed E-state index contributed by atoms with van der Waals surface area (Å²) in [5.41, 5.74) is 17.6. The van der Waals surface area contributed by atoms with Crippen LogP contribution in [0.15, 0.2) is 183 Å². The molecule has 10 aromatic rings. The highest BCUT2D eigenvalue weighted by Gasteiger charge is 2.31. The lowest BCUT2D eigenvalue weighted by Gasteiger charge is -2.35. The molecule has 0 radical (unpaired) electrons. The Balaban J connectivity index is 0.000000193. The summed E-state index contributed by atoms with van der Waals surface area (Å²) < 4.78 is 39.7. The lowest BCUT2D eigenvalue weighted by molar-refractivity contribution is 0.132. The van der Waals surface area contributed by atoms with E-state index in [1.807, 2.05) is 67.3 Å².